The number of fused-ring (bicyclic) bond motifs is 4. The van der Waals surface area contributed by atoms with Gasteiger partial charge in [0.2, 0.25) is 0 Å². The van der Waals surface area contributed by atoms with Gasteiger partial charge in [0.25, 0.3) is 0 Å². The first kappa shape index (κ1) is 19.3. The van der Waals surface area contributed by atoms with Crippen LogP contribution in [0.4, 0.5) is 0 Å². The lowest BCUT2D eigenvalue weighted by atomic mass is 9.46. The molecule has 2 heteroatoms. The molecule has 4 rings (SSSR count). The van der Waals surface area contributed by atoms with E-state index in [2.05, 4.69) is 38.7 Å². The van der Waals surface area contributed by atoms with E-state index in [0.29, 0.717) is 18.3 Å². The maximum Gasteiger partial charge on any atom is 0.131 e. The summed E-state index contributed by atoms with van der Waals surface area (Å²) in [7, 11) is 0. The highest BCUT2D eigenvalue weighted by Crippen LogP contribution is 2.68. The van der Waals surface area contributed by atoms with E-state index in [1.807, 2.05) is 6.92 Å². The van der Waals surface area contributed by atoms with Crippen molar-refractivity contribution in [3.8, 4) is 11.8 Å². The van der Waals surface area contributed by atoms with Gasteiger partial charge in [-0.3, -0.25) is 0 Å². The van der Waals surface area contributed by atoms with Crippen molar-refractivity contribution in [2.24, 2.45) is 23.2 Å². The van der Waals surface area contributed by atoms with Gasteiger partial charge in [0, 0.05) is 11.3 Å². The lowest BCUT2D eigenvalue weighted by Gasteiger charge is -2.60. The molecule has 2 saturated carbocycles. The molecular formula is C25H36O2. The van der Waals surface area contributed by atoms with E-state index in [1.165, 1.54) is 18.4 Å². The summed E-state index contributed by atoms with van der Waals surface area (Å²) in [6.07, 6.45) is 11.0. The van der Waals surface area contributed by atoms with E-state index < -0.39 is 11.2 Å². The molecule has 0 aliphatic heterocycles. The zero-order valence-electron chi connectivity index (χ0n) is 17.6. The van der Waals surface area contributed by atoms with Gasteiger partial charge in [0.15, 0.2) is 0 Å². The molecule has 2 fully saturated rings. The Morgan fingerprint density at radius 1 is 1.19 bits per heavy atom. The van der Waals surface area contributed by atoms with Gasteiger partial charge in [-0.25, -0.2) is 0 Å². The summed E-state index contributed by atoms with van der Waals surface area (Å²) in [4.78, 5) is 0. The third kappa shape index (κ3) is 2.54. The van der Waals surface area contributed by atoms with Crippen LogP contribution in [0.1, 0.15) is 85.5 Å². The number of hydrogen-bond donors (Lipinski definition) is 2. The van der Waals surface area contributed by atoms with Crippen LogP contribution in [0.2, 0.25) is 0 Å². The topological polar surface area (TPSA) is 40.5 Å². The lowest BCUT2D eigenvalue weighted by molar-refractivity contribution is -0.178. The molecule has 6 atom stereocenters. The van der Waals surface area contributed by atoms with Gasteiger partial charge in [-0.05, 0) is 83.5 Å². The van der Waals surface area contributed by atoms with Crippen LogP contribution in [0.15, 0.2) is 22.8 Å². The van der Waals surface area contributed by atoms with Gasteiger partial charge in [-0.15, -0.1) is 5.92 Å². The molecule has 27 heavy (non-hydrogen) atoms. The molecule has 2 N–H and O–H groups in total. The fourth-order valence-corrected chi connectivity index (χ4v) is 7.64. The number of allylic oxidation sites excluding steroid dienone is 3. The fourth-order valence-electron chi connectivity index (χ4n) is 7.64. The monoisotopic (exact) mass is 368 g/mol. The minimum absolute atomic E-state index is 0.263. The second kappa shape index (κ2) is 6.50. The van der Waals surface area contributed by atoms with Crippen LogP contribution in [0.3, 0.4) is 0 Å². The van der Waals surface area contributed by atoms with Crippen molar-refractivity contribution in [2.75, 3.05) is 0 Å². The van der Waals surface area contributed by atoms with E-state index >= 15 is 0 Å². The third-order valence-corrected chi connectivity index (χ3v) is 8.84. The van der Waals surface area contributed by atoms with Crippen molar-refractivity contribution >= 4 is 0 Å². The fraction of sp³-hybridized carbons (Fsp3) is 0.760. The quantitative estimate of drug-likeness (QED) is 0.522. The molecule has 2 nitrogen and oxygen atoms in total. The molecule has 0 aromatic heterocycles. The Morgan fingerprint density at radius 3 is 2.63 bits per heavy atom. The van der Waals surface area contributed by atoms with Crippen LogP contribution in [0.5, 0.6) is 0 Å². The maximum atomic E-state index is 12.0. The zero-order chi connectivity index (χ0) is 19.4. The largest absolute Gasteiger partial charge is 0.389 e. The predicted octanol–water partition coefficient (Wildman–Crippen LogP) is 5.15. The average Bonchev–Trinajstić information content (AvgIpc) is 2.94. The molecule has 0 radical (unpaired) electrons. The average molecular weight is 369 g/mol. The minimum atomic E-state index is -0.937. The molecule has 4 unspecified atom stereocenters. The summed E-state index contributed by atoms with van der Waals surface area (Å²) in [6.45, 7) is 8.42. The number of aliphatic hydroxyl groups is 2. The van der Waals surface area contributed by atoms with Crippen molar-refractivity contribution in [1.29, 1.82) is 0 Å². The Labute approximate surface area is 165 Å². The lowest BCUT2D eigenvalue weighted by Crippen LogP contribution is -2.61. The summed E-state index contributed by atoms with van der Waals surface area (Å²) in [5.41, 5.74) is 2.72. The van der Waals surface area contributed by atoms with E-state index in [9.17, 15) is 10.2 Å². The number of hydrogen-bond acceptors (Lipinski definition) is 2. The van der Waals surface area contributed by atoms with Gasteiger partial charge in [-0.1, -0.05) is 42.6 Å². The third-order valence-electron chi connectivity index (χ3n) is 8.84. The molecular weight excluding hydrogens is 332 g/mol. The standard InChI is InChI=1S/C25H36O2/c1-5-13-25(27)14-12-21-20-11-9-18-15-17(4)8-10-19(18)22(20)24(26,7-3)16-23(21,25)6-2/h8,20-22,26-27H,6-7,9-12,14-16H2,1-4H3/t20?,21?,22?,23-,24?,25-/m0/s1. The SMILES string of the molecule is CC#C[C@]1(O)CCC2C3CCC4=C(CC=C(C)C4)C3C(O)(CC)C[C@@]21CC. The summed E-state index contributed by atoms with van der Waals surface area (Å²) in [5.74, 6) is 7.46. The molecule has 0 heterocycles. The highest BCUT2D eigenvalue weighted by atomic mass is 16.3. The Morgan fingerprint density at radius 2 is 1.96 bits per heavy atom. The first-order chi connectivity index (χ1) is 12.8. The van der Waals surface area contributed by atoms with Crippen molar-refractivity contribution in [3.05, 3.63) is 22.8 Å². The smallest absolute Gasteiger partial charge is 0.131 e. The normalized spacial score (nSPS) is 46.0. The molecule has 0 aromatic carbocycles. The van der Waals surface area contributed by atoms with Gasteiger partial charge < -0.3 is 10.2 Å². The van der Waals surface area contributed by atoms with Crippen LogP contribution in [0, 0.1) is 35.0 Å². The second-order valence-electron chi connectivity index (χ2n) is 9.76. The first-order valence-corrected chi connectivity index (χ1v) is 11.1. The molecule has 0 amide bonds. The number of rotatable bonds is 2. The molecule has 0 aromatic rings. The first-order valence-electron chi connectivity index (χ1n) is 11.1. The summed E-state index contributed by atoms with van der Waals surface area (Å²) >= 11 is 0. The van der Waals surface area contributed by atoms with Crippen LogP contribution in [-0.2, 0) is 0 Å². The van der Waals surface area contributed by atoms with E-state index in [4.69, 9.17) is 0 Å². The Bertz CT molecular complexity index is 750. The highest BCUT2D eigenvalue weighted by Gasteiger charge is 2.68. The predicted molar refractivity (Wildman–Crippen MR) is 110 cm³/mol. The Kier molecular flexibility index (Phi) is 4.64. The molecule has 0 saturated heterocycles. The zero-order valence-corrected chi connectivity index (χ0v) is 17.6. The van der Waals surface area contributed by atoms with Crippen LogP contribution in [0.25, 0.3) is 0 Å². The van der Waals surface area contributed by atoms with E-state index in [1.54, 1.807) is 11.1 Å². The molecule has 4 aliphatic carbocycles. The van der Waals surface area contributed by atoms with Gasteiger partial charge >= 0.3 is 0 Å². The Balaban J connectivity index is 1.82. The molecule has 0 spiro atoms. The van der Waals surface area contributed by atoms with Crippen molar-refractivity contribution in [3.63, 3.8) is 0 Å². The van der Waals surface area contributed by atoms with Crippen molar-refractivity contribution < 1.29 is 10.2 Å². The molecule has 148 valence electrons. The van der Waals surface area contributed by atoms with Gasteiger partial charge in [0.05, 0.1) is 5.60 Å². The van der Waals surface area contributed by atoms with Crippen LogP contribution < -0.4 is 0 Å². The van der Waals surface area contributed by atoms with Gasteiger partial charge in [-0.2, -0.15) is 0 Å². The summed E-state index contributed by atoms with van der Waals surface area (Å²) in [6, 6.07) is 0. The van der Waals surface area contributed by atoms with Crippen molar-refractivity contribution in [2.45, 2.75) is 96.7 Å². The van der Waals surface area contributed by atoms with Crippen LogP contribution in [-0.4, -0.2) is 21.4 Å². The minimum Gasteiger partial charge on any atom is -0.389 e. The second-order valence-corrected chi connectivity index (χ2v) is 9.76. The maximum absolute atomic E-state index is 12.0. The van der Waals surface area contributed by atoms with E-state index in [0.717, 1.165) is 38.5 Å². The summed E-state index contributed by atoms with van der Waals surface area (Å²) < 4.78 is 0. The Hall–Kier alpha value is -1.04. The van der Waals surface area contributed by atoms with E-state index in [-0.39, 0.29) is 11.3 Å². The highest BCUT2D eigenvalue weighted by molar-refractivity contribution is 5.37. The van der Waals surface area contributed by atoms with Crippen molar-refractivity contribution in [1.82, 2.24) is 0 Å². The summed E-state index contributed by atoms with van der Waals surface area (Å²) in [5, 5.41) is 23.6. The van der Waals surface area contributed by atoms with Gasteiger partial charge in [0.1, 0.15) is 5.60 Å². The molecule has 4 aliphatic rings. The molecule has 0 bridgehead atoms. The van der Waals surface area contributed by atoms with Crippen LogP contribution >= 0.6 is 0 Å².